The summed E-state index contributed by atoms with van der Waals surface area (Å²) in [5.74, 6) is 0.985. The van der Waals surface area contributed by atoms with Crippen LogP contribution >= 0.6 is 11.6 Å². The molecule has 5 unspecified atom stereocenters. The standard InChI is InChI=1S/C16H25ClO2/c1-14(2)8-10(17)9-15(3)11(14)5-6-16(4)12(15)7-13(18)19-16/h10-12H,5-9H2,1-4H3. The van der Waals surface area contributed by atoms with Gasteiger partial charge >= 0.3 is 5.97 Å². The van der Waals surface area contributed by atoms with Crippen molar-refractivity contribution in [3.05, 3.63) is 0 Å². The van der Waals surface area contributed by atoms with E-state index in [-0.39, 0.29) is 27.8 Å². The Balaban J connectivity index is 2.02. The fourth-order valence-corrected chi connectivity index (χ4v) is 6.48. The second-order valence-corrected chi connectivity index (χ2v) is 8.75. The van der Waals surface area contributed by atoms with Crippen LogP contribution in [0.1, 0.15) is 59.8 Å². The van der Waals surface area contributed by atoms with Crippen molar-refractivity contribution in [3.63, 3.8) is 0 Å². The van der Waals surface area contributed by atoms with Crippen molar-refractivity contribution in [2.45, 2.75) is 70.8 Å². The lowest BCUT2D eigenvalue weighted by Gasteiger charge is -2.60. The third-order valence-electron chi connectivity index (χ3n) is 6.33. The highest BCUT2D eigenvalue weighted by Gasteiger charge is 2.63. The predicted molar refractivity (Wildman–Crippen MR) is 76.1 cm³/mol. The fourth-order valence-electron chi connectivity index (χ4n) is 5.75. The van der Waals surface area contributed by atoms with Gasteiger partial charge in [0, 0.05) is 11.3 Å². The number of hydrogen-bond acceptors (Lipinski definition) is 2. The van der Waals surface area contributed by atoms with Gasteiger partial charge in [-0.3, -0.25) is 4.79 Å². The SMILES string of the molecule is CC1(C)CC(Cl)CC2(C)C1CCC1(C)OC(=O)CC12. The number of ether oxygens (including phenoxy) is 1. The highest BCUT2D eigenvalue weighted by Crippen LogP contribution is 2.65. The van der Waals surface area contributed by atoms with Crippen LogP contribution in [0, 0.1) is 22.7 Å². The van der Waals surface area contributed by atoms with Gasteiger partial charge < -0.3 is 4.74 Å². The number of halogens is 1. The van der Waals surface area contributed by atoms with Crippen molar-refractivity contribution in [1.29, 1.82) is 0 Å². The second-order valence-electron chi connectivity index (χ2n) is 8.13. The average Bonchev–Trinajstić information content (AvgIpc) is 2.51. The Bertz CT molecular complexity index is 419. The van der Waals surface area contributed by atoms with Crippen molar-refractivity contribution in [1.82, 2.24) is 0 Å². The molecule has 3 heteroatoms. The normalized spacial score (nSPS) is 52.3. The zero-order valence-corrected chi connectivity index (χ0v) is 13.2. The lowest BCUT2D eigenvalue weighted by atomic mass is 9.45. The highest BCUT2D eigenvalue weighted by atomic mass is 35.5. The summed E-state index contributed by atoms with van der Waals surface area (Å²) in [7, 11) is 0. The molecule has 0 spiro atoms. The van der Waals surface area contributed by atoms with Crippen LogP contribution in [0.2, 0.25) is 0 Å². The number of esters is 1. The van der Waals surface area contributed by atoms with Crippen LogP contribution in [0.4, 0.5) is 0 Å². The Hall–Kier alpha value is -0.240. The first-order valence-electron chi connectivity index (χ1n) is 7.53. The van der Waals surface area contributed by atoms with Crippen LogP contribution in [0.15, 0.2) is 0 Å². The minimum atomic E-state index is -0.244. The summed E-state index contributed by atoms with van der Waals surface area (Å²) in [5.41, 5.74) is 0.173. The summed E-state index contributed by atoms with van der Waals surface area (Å²) in [6.45, 7) is 9.20. The third-order valence-corrected chi connectivity index (χ3v) is 6.64. The third kappa shape index (κ3) is 1.86. The van der Waals surface area contributed by atoms with Gasteiger partial charge in [-0.2, -0.15) is 0 Å². The summed E-state index contributed by atoms with van der Waals surface area (Å²) < 4.78 is 5.69. The van der Waals surface area contributed by atoms with E-state index in [1.807, 2.05) is 0 Å². The van der Waals surface area contributed by atoms with Gasteiger partial charge in [0.1, 0.15) is 5.60 Å². The van der Waals surface area contributed by atoms with Gasteiger partial charge in [0.05, 0.1) is 6.42 Å². The maximum Gasteiger partial charge on any atom is 0.306 e. The first kappa shape index (κ1) is 13.7. The van der Waals surface area contributed by atoms with E-state index in [0.717, 1.165) is 25.7 Å². The molecule has 2 nitrogen and oxygen atoms in total. The van der Waals surface area contributed by atoms with Crippen molar-refractivity contribution >= 4 is 17.6 Å². The summed E-state index contributed by atoms with van der Waals surface area (Å²) in [6.07, 6.45) is 4.88. The summed E-state index contributed by atoms with van der Waals surface area (Å²) in [4.78, 5) is 11.8. The molecular weight excluding hydrogens is 260 g/mol. The Labute approximate surface area is 121 Å². The summed E-state index contributed by atoms with van der Waals surface area (Å²) in [6, 6.07) is 0. The molecule has 0 aromatic heterocycles. The predicted octanol–water partition coefficient (Wildman–Crippen LogP) is 4.15. The lowest BCUT2D eigenvalue weighted by Crippen LogP contribution is -2.57. The van der Waals surface area contributed by atoms with E-state index in [0.29, 0.717) is 18.3 Å². The molecule has 3 fully saturated rings. The quantitative estimate of drug-likeness (QED) is 0.493. The molecule has 3 aliphatic rings. The maximum absolute atomic E-state index is 11.8. The Morgan fingerprint density at radius 2 is 1.84 bits per heavy atom. The molecule has 0 bridgehead atoms. The van der Waals surface area contributed by atoms with Crippen LogP contribution in [-0.4, -0.2) is 16.9 Å². The van der Waals surface area contributed by atoms with E-state index in [1.54, 1.807) is 0 Å². The molecule has 3 rings (SSSR count). The van der Waals surface area contributed by atoms with Gasteiger partial charge in [-0.15, -0.1) is 11.6 Å². The molecule has 19 heavy (non-hydrogen) atoms. The summed E-state index contributed by atoms with van der Waals surface area (Å²) in [5, 5.41) is 0.231. The zero-order chi connectivity index (χ0) is 14.1. The summed E-state index contributed by atoms with van der Waals surface area (Å²) >= 11 is 6.56. The van der Waals surface area contributed by atoms with Crippen molar-refractivity contribution < 1.29 is 9.53 Å². The molecule has 5 atom stereocenters. The van der Waals surface area contributed by atoms with Crippen molar-refractivity contribution in [2.75, 3.05) is 0 Å². The van der Waals surface area contributed by atoms with Gasteiger partial charge in [-0.05, 0) is 49.4 Å². The number of carbonyl (C=O) groups is 1. The molecule has 0 N–H and O–H groups in total. The molecule has 0 radical (unpaired) electrons. The molecular formula is C16H25ClO2. The van der Waals surface area contributed by atoms with E-state index in [1.165, 1.54) is 0 Å². The highest BCUT2D eigenvalue weighted by molar-refractivity contribution is 6.20. The number of fused-ring (bicyclic) bond motifs is 3. The van der Waals surface area contributed by atoms with Gasteiger partial charge in [-0.25, -0.2) is 0 Å². The minimum Gasteiger partial charge on any atom is -0.459 e. The van der Waals surface area contributed by atoms with E-state index in [2.05, 4.69) is 27.7 Å². The van der Waals surface area contributed by atoms with Gasteiger partial charge in [0.25, 0.3) is 0 Å². The molecule has 0 aromatic rings. The number of carbonyl (C=O) groups excluding carboxylic acids is 1. The van der Waals surface area contributed by atoms with Crippen LogP contribution in [0.3, 0.4) is 0 Å². The topological polar surface area (TPSA) is 26.3 Å². The second kappa shape index (κ2) is 3.90. The largest absolute Gasteiger partial charge is 0.459 e. The number of hydrogen-bond donors (Lipinski definition) is 0. The molecule has 2 saturated carbocycles. The first-order valence-corrected chi connectivity index (χ1v) is 7.97. The first-order chi connectivity index (χ1) is 8.67. The minimum absolute atomic E-state index is 0.0103. The maximum atomic E-state index is 11.8. The molecule has 2 aliphatic carbocycles. The van der Waals surface area contributed by atoms with E-state index >= 15 is 0 Å². The van der Waals surface area contributed by atoms with Crippen LogP contribution in [-0.2, 0) is 9.53 Å². The van der Waals surface area contributed by atoms with E-state index < -0.39 is 0 Å². The van der Waals surface area contributed by atoms with E-state index in [4.69, 9.17) is 16.3 Å². The van der Waals surface area contributed by atoms with Crippen LogP contribution in [0.25, 0.3) is 0 Å². The van der Waals surface area contributed by atoms with Crippen LogP contribution < -0.4 is 0 Å². The van der Waals surface area contributed by atoms with Crippen molar-refractivity contribution in [2.24, 2.45) is 22.7 Å². The van der Waals surface area contributed by atoms with E-state index in [9.17, 15) is 4.79 Å². The average molecular weight is 285 g/mol. The molecule has 1 aliphatic heterocycles. The van der Waals surface area contributed by atoms with Gasteiger partial charge in [-0.1, -0.05) is 20.8 Å². The Morgan fingerprint density at radius 1 is 1.16 bits per heavy atom. The Kier molecular flexibility index (Phi) is 2.82. The lowest BCUT2D eigenvalue weighted by molar-refractivity contribution is -0.164. The van der Waals surface area contributed by atoms with Gasteiger partial charge in [0.2, 0.25) is 0 Å². The fraction of sp³-hybridized carbons (Fsp3) is 0.938. The molecule has 108 valence electrons. The molecule has 0 amide bonds. The van der Waals surface area contributed by atoms with Crippen molar-refractivity contribution in [3.8, 4) is 0 Å². The molecule has 1 saturated heterocycles. The smallest absolute Gasteiger partial charge is 0.306 e. The number of alkyl halides is 1. The van der Waals surface area contributed by atoms with Crippen LogP contribution in [0.5, 0.6) is 0 Å². The molecule has 1 heterocycles. The Morgan fingerprint density at radius 3 is 2.53 bits per heavy atom. The zero-order valence-electron chi connectivity index (χ0n) is 12.5. The molecule has 0 aromatic carbocycles. The monoisotopic (exact) mass is 284 g/mol. The number of rotatable bonds is 0. The van der Waals surface area contributed by atoms with Gasteiger partial charge in [0.15, 0.2) is 0 Å².